The van der Waals surface area contributed by atoms with Crippen LogP contribution in [0.25, 0.3) is 0 Å². The van der Waals surface area contributed by atoms with Crippen LogP contribution in [0.5, 0.6) is 0 Å². The molecule has 2 saturated heterocycles. The summed E-state index contributed by atoms with van der Waals surface area (Å²) in [7, 11) is -3.74. The summed E-state index contributed by atoms with van der Waals surface area (Å²) in [6.45, 7) is 1.14. The van der Waals surface area contributed by atoms with Crippen molar-refractivity contribution in [2.24, 2.45) is 0 Å². The molecular formula is C11H20N2O5S. The number of carbonyl (C=O) groups is 1. The normalized spacial score (nSPS) is 29.5. The second-order valence-electron chi connectivity index (χ2n) is 4.95. The Balaban J connectivity index is 1.97. The van der Waals surface area contributed by atoms with Crippen LogP contribution in [0.2, 0.25) is 0 Å². The van der Waals surface area contributed by atoms with Gasteiger partial charge in [0.15, 0.2) is 0 Å². The lowest BCUT2D eigenvalue weighted by atomic mass is 10.1. The molecule has 0 bridgehead atoms. The predicted molar refractivity (Wildman–Crippen MR) is 67.9 cm³/mol. The average Bonchev–Trinajstić information content (AvgIpc) is 2.89. The van der Waals surface area contributed by atoms with Crippen molar-refractivity contribution in [1.29, 1.82) is 0 Å². The van der Waals surface area contributed by atoms with Gasteiger partial charge in [0.25, 0.3) is 10.2 Å². The highest BCUT2D eigenvalue weighted by atomic mass is 32.2. The van der Waals surface area contributed by atoms with E-state index in [1.54, 1.807) is 0 Å². The number of carboxylic acids is 1. The molecule has 2 fully saturated rings. The van der Waals surface area contributed by atoms with E-state index in [4.69, 9.17) is 9.84 Å². The molecule has 0 aromatic heterocycles. The summed E-state index contributed by atoms with van der Waals surface area (Å²) < 4.78 is 33.2. The average molecular weight is 292 g/mol. The number of hydrogen-bond donors (Lipinski definition) is 2. The number of piperidine rings is 1. The van der Waals surface area contributed by atoms with Gasteiger partial charge in [-0.05, 0) is 32.1 Å². The second-order valence-corrected chi connectivity index (χ2v) is 6.66. The molecular weight excluding hydrogens is 272 g/mol. The SMILES string of the molecule is O=C(O)C1CCCCN1S(=O)(=O)NCC1CCCO1. The first-order valence-corrected chi connectivity index (χ1v) is 8.05. The highest BCUT2D eigenvalue weighted by Crippen LogP contribution is 2.20. The molecule has 2 aliphatic rings. The maximum atomic E-state index is 12.2. The molecule has 0 aromatic rings. The Bertz CT molecular complexity index is 419. The van der Waals surface area contributed by atoms with Crippen LogP contribution in [-0.4, -0.2) is 55.6 Å². The fourth-order valence-corrected chi connectivity index (χ4v) is 3.99. The van der Waals surface area contributed by atoms with Gasteiger partial charge < -0.3 is 9.84 Å². The minimum absolute atomic E-state index is 0.0946. The Morgan fingerprint density at radius 2 is 2.11 bits per heavy atom. The Hall–Kier alpha value is -0.700. The summed E-state index contributed by atoms with van der Waals surface area (Å²) >= 11 is 0. The first-order valence-electron chi connectivity index (χ1n) is 6.61. The zero-order valence-corrected chi connectivity index (χ0v) is 11.6. The van der Waals surface area contributed by atoms with Gasteiger partial charge in [-0.1, -0.05) is 0 Å². The first kappa shape index (κ1) is 14.7. The Morgan fingerprint density at radius 3 is 2.74 bits per heavy atom. The summed E-state index contributed by atoms with van der Waals surface area (Å²) in [4.78, 5) is 11.1. The molecule has 0 spiro atoms. The number of hydrogen-bond acceptors (Lipinski definition) is 4. The van der Waals surface area contributed by atoms with Crippen molar-refractivity contribution in [2.75, 3.05) is 19.7 Å². The summed E-state index contributed by atoms with van der Waals surface area (Å²) in [5.41, 5.74) is 0. The molecule has 0 radical (unpaired) electrons. The van der Waals surface area contributed by atoms with Crippen molar-refractivity contribution in [3.63, 3.8) is 0 Å². The third-order valence-corrected chi connectivity index (χ3v) is 5.15. The molecule has 2 aliphatic heterocycles. The number of aliphatic carboxylic acids is 1. The van der Waals surface area contributed by atoms with Crippen molar-refractivity contribution in [2.45, 2.75) is 44.2 Å². The van der Waals surface area contributed by atoms with Crippen molar-refractivity contribution < 1.29 is 23.1 Å². The van der Waals surface area contributed by atoms with E-state index in [0.29, 0.717) is 19.4 Å². The first-order chi connectivity index (χ1) is 9.00. The van der Waals surface area contributed by atoms with Crippen molar-refractivity contribution in [3.8, 4) is 0 Å². The molecule has 2 N–H and O–H groups in total. The van der Waals surface area contributed by atoms with Gasteiger partial charge in [-0.2, -0.15) is 17.4 Å². The standard InChI is InChI=1S/C11H20N2O5S/c14-11(15)10-5-1-2-6-13(10)19(16,17)12-8-9-4-3-7-18-9/h9-10,12H,1-8H2,(H,14,15). The van der Waals surface area contributed by atoms with Crippen LogP contribution in [0.3, 0.4) is 0 Å². The monoisotopic (exact) mass is 292 g/mol. The van der Waals surface area contributed by atoms with Gasteiger partial charge in [0, 0.05) is 19.7 Å². The van der Waals surface area contributed by atoms with E-state index in [1.165, 1.54) is 0 Å². The predicted octanol–water partition coefficient (Wildman–Crippen LogP) is -0.0611. The Labute approximate surface area is 113 Å². The van der Waals surface area contributed by atoms with Gasteiger partial charge >= 0.3 is 5.97 Å². The minimum Gasteiger partial charge on any atom is -0.480 e. The molecule has 110 valence electrons. The molecule has 0 aromatic carbocycles. The van der Waals surface area contributed by atoms with Crippen molar-refractivity contribution in [3.05, 3.63) is 0 Å². The molecule has 8 heteroatoms. The smallest absolute Gasteiger partial charge is 0.322 e. The van der Waals surface area contributed by atoms with E-state index in [2.05, 4.69) is 4.72 Å². The van der Waals surface area contributed by atoms with E-state index in [9.17, 15) is 13.2 Å². The molecule has 0 aliphatic carbocycles. The third-order valence-electron chi connectivity index (χ3n) is 3.56. The van der Waals surface area contributed by atoms with Crippen LogP contribution in [0.15, 0.2) is 0 Å². The lowest BCUT2D eigenvalue weighted by Gasteiger charge is -2.32. The van der Waals surface area contributed by atoms with E-state index < -0.39 is 22.2 Å². The number of carboxylic acid groups (broad SMARTS) is 1. The fourth-order valence-electron chi connectivity index (χ4n) is 2.53. The lowest BCUT2D eigenvalue weighted by Crippen LogP contribution is -2.53. The zero-order chi connectivity index (χ0) is 13.9. The highest BCUT2D eigenvalue weighted by Gasteiger charge is 2.36. The van der Waals surface area contributed by atoms with Gasteiger partial charge in [-0.15, -0.1) is 0 Å². The van der Waals surface area contributed by atoms with Gasteiger partial charge in [-0.3, -0.25) is 4.79 Å². The van der Waals surface area contributed by atoms with E-state index in [1.807, 2.05) is 0 Å². The van der Waals surface area contributed by atoms with Crippen molar-refractivity contribution in [1.82, 2.24) is 9.03 Å². The van der Waals surface area contributed by atoms with Crippen molar-refractivity contribution >= 4 is 16.2 Å². The largest absolute Gasteiger partial charge is 0.480 e. The molecule has 2 heterocycles. The maximum Gasteiger partial charge on any atom is 0.322 e. The molecule has 0 amide bonds. The Kier molecular flexibility index (Phi) is 4.77. The van der Waals surface area contributed by atoms with Gasteiger partial charge in [-0.25, -0.2) is 0 Å². The van der Waals surface area contributed by atoms with Crippen LogP contribution in [0, 0.1) is 0 Å². The quantitative estimate of drug-likeness (QED) is 0.740. The topological polar surface area (TPSA) is 95.9 Å². The zero-order valence-electron chi connectivity index (χ0n) is 10.7. The number of nitrogens with one attached hydrogen (secondary N) is 1. The summed E-state index contributed by atoms with van der Waals surface area (Å²) in [6, 6.07) is -0.948. The second kappa shape index (κ2) is 6.17. The van der Waals surface area contributed by atoms with E-state index in [0.717, 1.165) is 23.6 Å². The molecule has 0 saturated carbocycles. The minimum atomic E-state index is -3.74. The third kappa shape index (κ3) is 3.65. The van der Waals surface area contributed by atoms with E-state index in [-0.39, 0.29) is 19.2 Å². The molecule has 2 atom stereocenters. The highest BCUT2D eigenvalue weighted by molar-refractivity contribution is 7.87. The Morgan fingerprint density at radius 1 is 1.32 bits per heavy atom. The summed E-state index contributed by atoms with van der Waals surface area (Å²) in [5.74, 6) is -1.08. The van der Waals surface area contributed by atoms with Gasteiger partial charge in [0.05, 0.1) is 6.10 Å². The molecule has 19 heavy (non-hydrogen) atoms. The van der Waals surface area contributed by atoms with Gasteiger partial charge in [0.2, 0.25) is 0 Å². The van der Waals surface area contributed by atoms with Crippen LogP contribution in [0.1, 0.15) is 32.1 Å². The van der Waals surface area contributed by atoms with Crippen LogP contribution in [0.4, 0.5) is 0 Å². The van der Waals surface area contributed by atoms with Crippen LogP contribution in [-0.2, 0) is 19.7 Å². The molecule has 2 unspecified atom stereocenters. The van der Waals surface area contributed by atoms with E-state index >= 15 is 0 Å². The van der Waals surface area contributed by atoms with Crippen LogP contribution < -0.4 is 4.72 Å². The fraction of sp³-hybridized carbons (Fsp3) is 0.909. The summed E-state index contributed by atoms with van der Waals surface area (Å²) in [5, 5.41) is 9.09. The maximum absolute atomic E-state index is 12.2. The number of rotatable bonds is 5. The number of nitrogens with zero attached hydrogens (tertiary/aromatic N) is 1. The van der Waals surface area contributed by atoms with Crippen LogP contribution >= 0.6 is 0 Å². The molecule has 2 rings (SSSR count). The van der Waals surface area contributed by atoms with Gasteiger partial charge in [0.1, 0.15) is 6.04 Å². The number of ether oxygens (including phenoxy) is 1. The lowest BCUT2D eigenvalue weighted by molar-refractivity contribution is -0.142. The summed E-state index contributed by atoms with van der Waals surface area (Å²) in [6.07, 6.45) is 3.50. The molecule has 7 nitrogen and oxygen atoms in total.